The predicted octanol–water partition coefficient (Wildman–Crippen LogP) is 2.76. The van der Waals surface area contributed by atoms with Gasteiger partial charge in [-0.15, -0.1) is 0 Å². The van der Waals surface area contributed by atoms with Crippen LogP contribution in [0.1, 0.15) is 46.4 Å². The molecule has 4 rings (SSSR count). The van der Waals surface area contributed by atoms with Gasteiger partial charge in [-0.3, -0.25) is 4.79 Å². The van der Waals surface area contributed by atoms with Crippen molar-refractivity contribution in [3.63, 3.8) is 0 Å². The van der Waals surface area contributed by atoms with Crippen molar-refractivity contribution in [1.82, 2.24) is 15.1 Å². The minimum Gasteiger partial charge on any atom is -0.478 e. The van der Waals surface area contributed by atoms with Gasteiger partial charge in [0.1, 0.15) is 0 Å². The van der Waals surface area contributed by atoms with E-state index in [0.29, 0.717) is 18.8 Å². The van der Waals surface area contributed by atoms with Crippen LogP contribution < -0.4 is 10.1 Å². The van der Waals surface area contributed by atoms with Crippen LogP contribution in [0.3, 0.4) is 0 Å². The highest BCUT2D eigenvalue weighted by Crippen LogP contribution is 2.34. The van der Waals surface area contributed by atoms with Gasteiger partial charge in [-0.2, -0.15) is 5.10 Å². The van der Waals surface area contributed by atoms with Crippen molar-refractivity contribution in [1.29, 1.82) is 0 Å². The molecule has 27 heavy (non-hydrogen) atoms. The molecule has 0 radical (unpaired) electrons. The number of aryl methyl sites for hydroxylation is 2. The second kappa shape index (κ2) is 7.35. The van der Waals surface area contributed by atoms with E-state index in [-0.39, 0.29) is 11.3 Å². The monoisotopic (exact) mass is 369 g/mol. The zero-order chi connectivity index (χ0) is 18.9. The van der Waals surface area contributed by atoms with Gasteiger partial charge < -0.3 is 14.8 Å². The Kier molecular flexibility index (Phi) is 4.91. The van der Waals surface area contributed by atoms with Crippen molar-refractivity contribution in [2.75, 3.05) is 26.4 Å². The smallest absolute Gasteiger partial charge is 0.272 e. The van der Waals surface area contributed by atoms with Crippen LogP contribution in [0.25, 0.3) is 0 Å². The molecule has 1 saturated heterocycles. The van der Waals surface area contributed by atoms with E-state index in [9.17, 15) is 4.79 Å². The molecule has 0 aliphatic carbocycles. The van der Waals surface area contributed by atoms with E-state index < -0.39 is 0 Å². The number of nitrogens with one attached hydrogen (secondary N) is 1. The van der Waals surface area contributed by atoms with Crippen molar-refractivity contribution in [3.05, 3.63) is 46.6 Å². The lowest BCUT2D eigenvalue weighted by Crippen LogP contribution is -2.44. The molecule has 6 nitrogen and oxygen atoms in total. The molecule has 0 bridgehead atoms. The summed E-state index contributed by atoms with van der Waals surface area (Å²) >= 11 is 0. The molecule has 3 heterocycles. The zero-order valence-electron chi connectivity index (χ0n) is 16.1. The Balaban J connectivity index is 1.53. The fraction of sp³-hybridized carbons (Fsp3) is 0.524. The van der Waals surface area contributed by atoms with E-state index in [4.69, 9.17) is 9.47 Å². The van der Waals surface area contributed by atoms with Gasteiger partial charge in [-0.25, -0.2) is 4.68 Å². The number of aromatic nitrogens is 2. The molecule has 2 aliphatic heterocycles. The van der Waals surface area contributed by atoms with Crippen molar-refractivity contribution < 1.29 is 14.3 Å². The third kappa shape index (κ3) is 3.46. The first-order chi connectivity index (χ1) is 13.1. The lowest BCUT2D eigenvalue weighted by Gasteiger charge is -2.38. The van der Waals surface area contributed by atoms with Gasteiger partial charge >= 0.3 is 0 Å². The van der Waals surface area contributed by atoms with Crippen LogP contribution in [0.15, 0.2) is 24.3 Å². The molecule has 0 atom stereocenters. The molecule has 0 unspecified atom stereocenters. The highest BCUT2D eigenvalue weighted by Gasteiger charge is 2.35. The maximum Gasteiger partial charge on any atom is 0.272 e. The number of amides is 1. The zero-order valence-corrected chi connectivity index (χ0v) is 16.1. The van der Waals surface area contributed by atoms with Crippen LogP contribution >= 0.6 is 0 Å². The Hall–Kier alpha value is -2.34. The maximum atomic E-state index is 12.9. The average molecular weight is 369 g/mol. The summed E-state index contributed by atoms with van der Waals surface area (Å²) < 4.78 is 13.1. The molecule has 6 heteroatoms. The first kappa shape index (κ1) is 18.0. The van der Waals surface area contributed by atoms with Crippen LogP contribution in [0, 0.1) is 13.8 Å². The molecular weight excluding hydrogens is 342 g/mol. The summed E-state index contributed by atoms with van der Waals surface area (Å²) in [6, 6.07) is 8.64. The number of carbonyl (C=O) groups is 1. The minimum atomic E-state index is -0.129. The number of benzene rings is 1. The van der Waals surface area contributed by atoms with Gasteiger partial charge in [0.2, 0.25) is 5.88 Å². The highest BCUT2D eigenvalue weighted by molar-refractivity contribution is 5.94. The number of ether oxygens (including phenoxy) is 2. The lowest BCUT2D eigenvalue weighted by atomic mass is 9.74. The number of carbonyl (C=O) groups excluding carboxylic acids is 1. The molecule has 144 valence electrons. The van der Waals surface area contributed by atoms with E-state index >= 15 is 0 Å². The molecule has 1 aromatic heterocycles. The van der Waals surface area contributed by atoms with Gasteiger partial charge in [0.05, 0.1) is 6.61 Å². The largest absolute Gasteiger partial charge is 0.478 e. The SMILES string of the molecule is Cc1ccc(C2(CNC(=O)c3nn4c(c3C)OCCC4)CCOCC2)cc1. The summed E-state index contributed by atoms with van der Waals surface area (Å²) in [6.45, 7) is 7.50. The summed E-state index contributed by atoms with van der Waals surface area (Å²) in [6.07, 6.45) is 2.72. The Morgan fingerprint density at radius 2 is 1.93 bits per heavy atom. The third-order valence-corrected chi connectivity index (χ3v) is 5.80. The molecular formula is C21H27N3O3. The Bertz CT molecular complexity index is 820. The fourth-order valence-electron chi connectivity index (χ4n) is 4.04. The average Bonchev–Trinajstić information content (AvgIpc) is 3.04. The molecule has 1 aromatic carbocycles. The van der Waals surface area contributed by atoms with E-state index in [1.807, 2.05) is 6.92 Å². The van der Waals surface area contributed by atoms with E-state index in [1.165, 1.54) is 11.1 Å². The summed E-state index contributed by atoms with van der Waals surface area (Å²) in [4.78, 5) is 12.9. The number of fused-ring (bicyclic) bond motifs is 1. The highest BCUT2D eigenvalue weighted by atomic mass is 16.5. The molecule has 1 amide bonds. The number of hydrogen-bond donors (Lipinski definition) is 1. The molecule has 0 saturated carbocycles. The third-order valence-electron chi connectivity index (χ3n) is 5.80. The van der Waals surface area contributed by atoms with E-state index in [2.05, 4.69) is 41.6 Å². The number of rotatable bonds is 4. The van der Waals surface area contributed by atoms with Crippen molar-refractivity contribution >= 4 is 5.91 Å². The van der Waals surface area contributed by atoms with Crippen molar-refractivity contribution in [2.45, 2.75) is 45.1 Å². The number of nitrogens with zero attached hydrogens (tertiary/aromatic N) is 2. The van der Waals surface area contributed by atoms with Crippen LogP contribution in [-0.4, -0.2) is 42.1 Å². The molecule has 2 aromatic rings. The van der Waals surface area contributed by atoms with Crippen molar-refractivity contribution in [2.24, 2.45) is 0 Å². The fourth-order valence-corrected chi connectivity index (χ4v) is 4.04. The van der Waals surface area contributed by atoms with Gasteiger partial charge in [-0.05, 0) is 32.3 Å². The second-order valence-corrected chi connectivity index (χ2v) is 7.65. The predicted molar refractivity (Wildman–Crippen MR) is 102 cm³/mol. The topological polar surface area (TPSA) is 65.4 Å². The Morgan fingerprint density at radius 3 is 2.63 bits per heavy atom. The van der Waals surface area contributed by atoms with Crippen molar-refractivity contribution in [3.8, 4) is 5.88 Å². The molecule has 1 fully saturated rings. The summed E-state index contributed by atoms with van der Waals surface area (Å²) in [7, 11) is 0. The lowest BCUT2D eigenvalue weighted by molar-refractivity contribution is 0.0486. The first-order valence-corrected chi connectivity index (χ1v) is 9.72. The van der Waals surface area contributed by atoms with Gasteiger partial charge in [0, 0.05) is 43.7 Å². The van der Waals surface area contributed by atoms with Gasteiger partial charge in [0.15, 0.2) is 5.69 Å². The Morgan fingerprint density at radius 1 is 1.19 bits per heavy atom. The summed E-state index contributed by atoms with van der Waals surface area (Å²) in [5.41, 5.74) is 3.71. The first-order valence-electron chi connectivity index (χ1n) is 9.72. The molecule has 1 N–H and O–H groups in total. The second-order valence-electron chi connectivity index (χ2n) is 7.65. The normalized spacial score (nSPS) is 18.4. The summed E-state index contributed by atoms with van der Waals surface area (Å²) in [5.74, 6) is 0.599. The maximum absolute atomic E-state index is 12.9. The quantitative estimate of drug-likeness (QED) is 0.900. The van der Waals surface area contributed by atoms with Crippen LogP contribution in [0.4, 0.5) is 0 Å². The van der Waals surface area contributed by atoms with Gasteiger partial charge in [0.25, 0.3) is 5.91 Å². The molecule has 2 aliphatic rings. The minimum absolute atomic E-state index is 0.0919. The summed E-state index contributed by atoms with van der Waals surface area (Å²) in [5, 5.41) is 7.62. The Labute approximate surface area is 159 Å². The van der Waals surface area contributed by atoms with E-state index in [0.717, 1.165) is 50.5 Å². The van der Waals surface area contributed by atoms with Gasteiger partial charge in [-0.1, -0.05) is 29.8 Å². The molecule has 0 spiro atoms. The van der Waals surface area contributed by atoms with E-state index in [1.54, 1.807) is 4.68 Å². The number of hydrogen-bond acceptors (Lipinski definition) is 4. The van der Waals surface area contributed by atoms with Crippen LogP contribution in [0.2, 0.25) is 0 Å². The standard InChI is InChI=1S/C21H27N3O3/c1-15-4-6-17(7-5-15)21(8-12-26-13-9-21)14-22-19(25)18-16(2)20-24(23-18)10-3-11-27-20/h4-7H,3,8-14H2,1-2H3,(H,22,25). The van der Waals surface area contributed by atoms with Crippen LogP contribution in [-0.2, 0) is 16.7 Å². The van der Waals surface area contributed by atoms with Crippen LogP contribution in [0.5, 0.6) is 5.88 Å².